The first-order chi connectivity index (χ1) is 19.0. The van der Waals surface area contributed by atoms with E-state index in [9.17, 15) is 14.7 Å². The van der Waals surface area contributed by atoms with E-state index in [1.165, 1.54) is 16.5 Å². The third-order valence-electron chi connectivity index (χ3n) is 7.95. The van der Waals surface area contributed by atoms with Crippen molar-refractivity contribution >= 4 is 22.7 Å². The van der Waals surface area contributed by atoms with Gasteiger partial charge in [-0.2, -0.15) is 0 Å². The summed E-state index contributed by atoms with van der Waals surface area (Å²) in [5.41, 5.74) is 3.42. The highest BCUT2D eigenvalue weighted by Crippen LogP contribution is 2.33. The van der Waals surface area contributed by atoms with Crippen molar-refractivity contribution in [2.75, 3.05) is 33.4 Å². The molecule has 1 saturated heterocycles. The van der Waals surface area contributed by atoms with Gasteiger partial charge in [-0.3, -0.25) is 9.59 Å². The zero-order valence-corrected chi connectivity index (χ0v) is 22.8. The van der Waals surface area contributed by atoms with Gasteiger partial charge < -0.3 is 29.9 Å². The quantitative estimate of drug-likeness (QED) is 0.311. The van der Waals surface area contributed by atoms with Crippen molar-refractivity contribution in [3.05, 3.63) is 65.9 Å². The summed E-state index contributed by atoms with van der Waals surface area (Å²) in [6, 6.07) is 15.7. The number of amides is 2. The summed E-state index contributed by atoms with van der Waals surface area (Å²) in [4.78, 5) is 28.9. The molecule has 39 heavy (non-hydrogen) atoms. The summed E-state index contributed by atoms with van der Waals surface area (Å²) < 4.78 is 7.53. The van der Waals surface area contributed by atoms with Crippen LogP contribution in [0.2, 0.25) is 0 Å². The normalized spacial score (nSPS) is 19.2. The van der Waals surface area contributed by atoms with E-state index < -0.39 is 0 Å². The first-order valence-corrected chi connectivity index (χ1v) is 14.2. The van der Waals surface area contributed by atoms with Crippen LogP contribution >= 0.6 is 0 Å². The summed E-state index contributed by atoms with van der Waals surface area (Å²) in [5.74, 6) is -0.0444. The summed E-state index contributed by atoms with van der Waals surface area (Å²) in [5, 5.41) is 17.0. The number of hydrogen-bond acceptors (Lipinski definition) is 5. The maximum absolute atomic E-state index is 13.8. The van der Waals surface area contributed by atoms with Gasteiger partial charge in [0.15, 0.2) is 0 Å². The number of para-hydroxylation sites is 1. The van der Waals surface area contributed by atoms with Crippen LogP contribution in [0.5, 0.6) is 5.75 Å². The number of fused-ring (bicyclic) bond motifs is 1. The minimum Gasteiger partial charge on any atom is -0.508 e. The van der Waals surface area contributed by atoms with Crippen LogP contribution in [0, 0.1) is 11.8 Å². The molecule has 5 rings (SSSR count). The number of aromatic nitrogens is 1. The lowest BCUT2D eigenvalue weighted by Crippen LogP contribution is -2.49. The Bertz CT molecular complexity index is 1270. The Morgan fingerprint density at radius 3 is 2.64 bits per heavy atom. The van der Waals surface area contributed by atoms with E-state index in [-0.39, 0.29) is 35.4 Å². The van der Waals surface area contributed by atoms with Gasteiger partial charge in [0.05, 0.1) is 11.8 Å². The molecule has 208 valence electrons. The SMILES string of the molecule is COCCCn1cc(CN(C(=O)[C@H]2CNC[C@@H](C(=O)NCCc3ccc(O)cc3)C2)C2CC2)c2ccccc21. The maximum Gasteiger partial charge on any atom is 0.227 e. The van der Waals surface area contributed by atoms with Crippen LogP contribution in [0.4, 0.5) is 0 Å². The highest BCUT2D eigenvalue weighted by atomic mass is 16.5. The van der Waals surface area contributed by atoms with Crippen LogP contribution in [-0.4, -0.2) is 65.8 Å². The number of nitrogens with zero attached hydrogens (tertiary/aromatic N) is 2. The Morgan fingerprint density at radius 1 is 1.10 bits per heavy atom. The molecular weight excluding hydrogens is 492 g/mol. The lowest BCUT2D eigenvalue weighted by molar-refractivity contribution is -0.138. The molecule has 3 N–H and O–H groups in total. The topological polar surface area (TPSA) is 95.8 Å². The predicted octanol–water partition coefficient (Wildman–Crippen LogP) is 3.46. The van der Waals surface area contributed by atoms with Crippen LogP contribution in [-0.2, 0) is 33.8 Å². The first kappa shape index (κ1) is 27.2. The fraction of sp³-hybridized carbons (Fsp3) is 0.484. The Morgan fingerprint density at radius 2 is 1.87 bits per heavy atom. The Balaban J connectivity index is 1.21. The molecule has 0 bridgehead atoms. The number of aryl methyl sites for hydroxylation is 1. The van der Waals surface area contributed by atoms with Gasteiger partial charge in [-0.15, -0.1) is 0 Å². The summed E-state index contributed by atoms with van der Waals surface area (Å²) in [6.45, 7) is 3.92. The van der Waals surface area contributed by atoms with E-state index in [0.717, 1.165) is 38.0 Å². The molecule has 2 atom stereocenters. The van der Waals surface area contributed by atoms with Crippen LogP contribution in [0.1, 0.15) is 36.8 Å². The van der Waals surface area contributed by atoms with Gasteiger partial charge in [-0.05, 0) is 61.4 Å². The molecule has 1 saturated carbocycles. The van der Waals surface area contributed by atoms with Crippen molar-refractivity contribution in [3.63, 3.8) is 0 Å². The van der Waals surface area contributed by atoms with Crippen LogP contribution in [0.25, 0.3) is 10.9 Å². The van der Waals surface area contributed by atoms with Gasteiger partial charge in [0.25, 0.3) is 0 Å². The number of carbonyl (C=O) groups is 2. The highest BCUT2D eigenvalue weighted by molar-refractivity contribution is 5.86. The zero-order chi connectivity index (χ0) is 27.2. The lowest BCUT2D eigenvalue weighted by Gasteiger charge is -2.33. The molecule has 3 aromatic rings. The molecule has 8 heteroatoms. The maximum atomic E-state index is 13.8. The minimum atomic E-state index is -0.226. The van der Waals surface area contributed by atoms with Gasteiger partial charge in [0.2, 0.25) is 11.8 Å². The number of phenols is 1. The Labute approximate surface area is 230 Å². The molecule has 0 radical (unpaired) electrons. The smallest absolute Gasteiger partial charge is 0.227 e. The second kappa shape index (κ2) is 12.7. The highest BCUT2D eigenvalue weighted by Gasteiger charge is 2.39. The van der Waals surface area contributed by atoms with E-state index in [1.807, 2.05) is 12.1 Å². The third kappa shape index (κ3) is 6.81. The van der Waals surface area contributed by atoms with Gasteiger partial charge in [-0.25, -0.2) is 0 Å². The summed E-state index contributed by atoms with van der Waals surface area (Å²) >= 11 is 0. The lowest BCUT2D eigenvalue weighted by atomic mass is 9.88. The standard InChI is InChI=1S/C31H40N4O4/c1-39-16-4-15-34-20-25(28-5-2-3-6-29(28)34)21-35(26-9-10-26)31(38)24-17-23(18-32-19-24)30(37)33-14-13-22-7-11-27(36)12-8-22/h2-3,5-8,11-12,20,23-24,26,32,36H,4,9-10,13-19,21H2,1H3,(H,33,37)/t23-,24+/m0/s1. The van der Waals surface area contributed by atoms with Crippen LogP contribution in [0.3, 0.4) is 0 Å². The number of benzene rings is 2. The number of hydrogen-bond donors (Lipinski definition) is 3. The predicted molar refractivity (Wildman–Crippen MR) is 151 cm³/mol. The van der Waals surface area contributed by atoms with Crippen molar-refractivity contribution in [1.82, 2.24) is 20.1 Å². The van der Waals surface area contributed by atoms with E-state index >= 15 is 0 Å². The minimum absolute atomic E-state index is 0.00382. The first-order valence-electron chi connectivity index (χ1n) is 14.2. The van der Waals surface area contributed by atoms with Crippen molar-refractivity contribution in [2.45, 2.75) is 51.2 Å². The molecular formula is C31H40N4O4. The second-order valence-electron chi connectivity index (χ2n) is 10.9. The number of nitrogens with one attached hydrogen (secondary N) is 2. The molecule has 0 spiro atoms. The van der Waals surface area contributed by atoms with E-state index in [1.54, 1.807) is 19.2 Å². The number of carbonyl (C=O) groups excluding carboxylic acids is 2. The molecule has 2 aliphatic rings. The summed E-state index contributed by atoms with van der Waals surface area (Å²) in [7, 11) is 1.73. The number of aromatic hydroxyl groups is 1. The number of methoxy groups -OCH3 is 1. The van der Waals surface area contributed by atoms with E-state index in [4.69, 9.17) is 4.74 Å². The molecule has 1 aromatic heterocycles. The average Bonchev–Trinajstić information content (AvgIpc) is 3.75. The molecule has 8 nitrogen and oxygen atoms in total. The van der Waals surface area contributed by atoms with Crippen molar-refractivity contribution in [3.8, 4) is 5.75 Å². The fourth-order valence-electron chi connectivity index (χ4n) is 5.67. The molecule has 1 aliphatic carbocycles. The Hall–Kier alpha value is -3.36. The van der Waals surface area contributed by atoms with Gasteiger partial charge in [0.1, 0.15) is 5.75 Å². The Kier molecular flexibility index (Phi) is 8.84. The number of rotatable bonds is 12. The van der Waals surface area contributed by atoms with Crippen LogP contribution < -0.4 is 10.6 Å². The zero-order valence-electron chi connectivity index (χ0n) is 22.8. The van der Waals surface area contributed by atoms with E-state index in [2.05, 4.69) is 50.6 Å². The molecule has 2 amide bonds. The average molecular weight is 533 g/mol. The summed E-state index contributed by atoms with van der Waals surface area (Å²) in [6.07, 6.45) is 6.49. The number of ether oxygens (including phenoxy) is 1. The van der Waals surface area contributed by atoms with Crippen LogP contribution in [0.15, 0.2) is 54.7 Å². The molecule has 0 unspecified atom stereocenters. The largest absolute Gasteiger partial charge is 0.508 e. The van der Waals surface area contributed by atoms with Crippen molar-refractivity contribution in [1.29, 1.82) is 0 Å². The van der Waals surface area contributed by atoms with Gasteiger partial charge in [0, 0.05) is 69.6 Å². The second-order valence-corrected chi connectivity index (χ2v) is 10.9. The molecule has 2 heterocycles. The van der Waals surface area contributed by atoms with E-state index in [0.29, 0.717) is 39.0 Å². The fourth-order valence-corrected chi connectivity index (χ4v) is 5.67. The monoisotopic (exact) mass is 532 g/mol. The van der Waals surface area contributed by atoms with Crippen molar-refractivity contribution < 1.29 is 19.4 Å². The third-order valence-corrected chi connectivity index (χ3v) is 7.95. The van der Waals surface area contributed by atoms with Gasteiger partial charge in [-0.1, -0.05) is 30.3 Å². The molecule has 2 aromatic carbocycles. The number of phenolic OH excluding ortho intramolecular Hbond substituents is 1. The number of piperidine rings is 1. The molecule has 1 aliphatic heterocycles. The van der Waals surface area contributed by atoms with Gasteiger partial charge >= 0.3 is 0 Å². The van der Waals surface area contributed by atoms with Crippen molar-refractivity contribution in [2.24, 2.45) is 11.8 Å². The molecule has 2 fully saturated rings.